The highest BCUT2D eigenvalue weighted by molar-refractivity contribution is 7.08. The Kier molecular flexibility index (Phi) is 5.24. The van der Waals surface area contributed by atoms with E-state index in [0.717, 1.165) is 40.1 Å². The number of anilines is 2. The molecule has 4 rings (SSSR count). The van der Waals surface area contributed by atoms with E-state index in [1.165, 1.54) is 24.5 Å². The highest BCUT2D eigenvalue weighted by Gasteiger charge is 2.46. The Balaban J connectivity index is 1.68. The lowest BCUT2D eigenvalue weighted by Gasteiger charge is -2.16. The number of hydrogen-bond acceptors (Lipinski definition) is 4. The van der Waals surface area contributed by atoms with Crippen LogP contribution in [-0.2, 0) is 4.79 Å². The molecule has 0 saturated carbocycles. The van der Waals surface area contributed by atoms with Crippen molar-refractivity contribution in [2.24, 2.45) is 0 Å². The van der Waals surface area contributed by atoms with Crippen molar-refractivity contribution in [3.05, 3.63) is 81.8 Å². The average molecular weight is 445 g/mol. The van der Waals surface area contributed by atoms with Crippen molar-refractivity contribution in [2.45, 2.75) is 6.04 Å². The second-order valence-electron chi connectivity index (χ2n) is 6.77. The van der Waals surface area contributed by atoms with Crippen molar-refractivity contribution >= 4 is 40.6 Å². The molecule has 1 N–H and O–H groups in total. The van der Waals surface area contributed by atoms with Crippen LogP contribution in [-0.4, -0.2) is 29.8 Å². The Labute approximate surface area is 178 Å². The van der Waals surface area contributed by atoms with Gasteiger partial charge in [0.1, 0.15) is 23.5 Å². The quantitative estimate of drug-likeness (QED) is 0.599. The van der Waals surface area contributed by atoms with Crippen LogP contribution < -0.4 is 10.2 Å². The number of likely N-dealkylation sites (N-methyl/N-ethyl adjacent to an activating group) is 1. The van der Waals surface area contributed by atoms with E-state index in [2.05, 4.69) is 5.32 Å². The first-order valence-corrected chi connectivity index (χ1v) is 9.91. The van der Waals surface area contributed by atoms with Gasteiger partial charge in [0.2, 0.25) is 0 Å². The van der Waals surface area contributed by atoms with E-state index in [-0.39, 0.29) is 16.9 Å². The summed E-state index contributed by atoms with van der Waals surface area (Å²) in [7, 11) is 1.28. The van der Waals surface area contributed by atoms with Crippen molar-refractivity contribution in [1.82, 2.24) is 4.90 Å². The normalized spacial score (nSPS) is 16.2. The van der Waals surface area contributed by atoms with Crippen LogP contribution in [0.1, 0.15) is 22.0 Å². The summed E-state index contributed by atoms with van der Waals surface area (Å²) in [6.45, 7) is 0. The third-order valence-electron chi connectivity index (χ3n) is 4.83. The molecule has 0 bridgehead atoms. The number of halogens is 3. The van der Waals surface area contributed by atoms with Crippen molar-refractivity contribution < 1.29 is 27.6 Å². The van der Waals surface area contributed by atoms with E-state index in [4.69, 9.17) is 0 Å². The number of benzene rings is 2. The molecule has 1 aliphatic rings. The van der Waals surface area contributed by atoms with Crippen LogP contribution in [0.4, 0.5) is 29.3 Å². The Morgan fingerprint density at radius 3 is 2.48 bits per heavy atom. The van der Waals surface area contributed by atoms with E-state index >= 15 is 0 Å². The van der Waals surface area contributed by atoms with Gasteiger partial charge in [-0.25, -0.2) is 22.9 Å². The van der Waals surface area contributed by atoms with Crippen LogP contribution in [0.15, 0.2) is 53.2 Å². The summed E-state index contributed by atoms with van der Waals surface area (Å²) in [5.74, 6) is -3.77. The van der Waals surface area contributed by atoms with Gasteiger partial charge in [0.05, 0.1) is 16.9 Å². The molecule has 10 heteroatoms. The van der Waals surface area contributed by atoms with Crippen LogP contribution in [0.3, 0.4) is 0 Å². The van der Waals surface area contributed by atoms with Crippen LogP contribution >= 0.6 is 11.3 Å². The van der Waals surface area contributed by atoms with Gasteiger partial charge in [-0.05, 0) is 47.8 Å². The number of nitrogens with one attached hydrogen (secondary N) is 1. The number of thiophene rings is 1. The molecular weight excluding hydrogens is 431 g/mol. The van der Waals surface area contributed by atoms with E-state index in [0.29, 0.717) is 5.56 Å². The van der Waals surface area contributed by atoms with Gasteiger partial charge in [0.15, 0.2) is 0 Å². The number of urea groups is 1. The van der Waals surface area contributed by atoms with Gasteiger partial charge >= 0.3 is 6.03 Å². The molecule has 158 valence electrons. The molecule has 0 aliphatic carbocycles. The van der Waals surface area contributed by atoms with Crippen LogP contribution in [0.5, 0.6) is 0 Å². The molecule has 0 radical (unpaired) electrons. The number of carbonyl (C=O) groups is 3. The molecule has 1 aromatic heterocycles. The number of hydrogen-bond donors (Lipinski definition) is 1. The lowest BCUT2D eigenvalue weighted by atomic mass is 10.0. The fraction of sp³-hybridized carbons (Fsp3) is 0.0952. The van der Waals surface area contributed by atoms with Gasteiger partial charge < -0.3 is 10.2 Å². The Morgan fingerprint density at radius 2 is 1.77 bits per heavy atom. The molecule has 1 fully saturated rings. The summed E-state index contributed by atoms with van der Waals surface area (Å²) < 4.78 is 42.1. The van der Waals surface area contributed by atoms with Crippen LogP contribution in [0.25, 0.3) is 0 Å². The molecule has 1 unspecified atom stereocenters. The van der Waals surface area contributed by atoms with Crippen molar-refractivity contribution in [1.29, 1.82) is 0 Å². The van der Waals surface area contributed by atoms with Gasteiger partial charge in [0, 0.05) is 18.0 Å². The maximum Gasteiger partial charge on any atom is 0.332 e. The second kappa shape index (κ2) is 7.88. The van der Waals surface area contributed by atoms with Crippen molar-refractivity contribution in [2.75, 3.05) is 17.3 Å². The SMILES string of the molecule is CN1C(=O)N(c2ccc(F)c(NC(=O)c3ccsc3)c2)C(=O)C1c1cc(F)ccc1F. The molecule has 4 amide bonds. The minimum absolute atomic E-state index is 0.0248. The number of imide groups is 1. The van der Waals surface area contributed by atoms with Crippen LogP contribution in [0.2, 0.25) is 0 Å². The first-order valence-electron chi connectivity index (χ1n) is 8.96. The molecule has 2 aromatic carbocycles. The third-order valence-corrected chi connectivity index (χ3v) is 5.51. The number of carbonyl (C=O) groups excluding carboxylic acids is 3. The number of nitrogens with zero attached hydrogens (tertiary/aromatic N) is 2. The smallest absolute Gasteiger partial charge is 0.319 e. The molecule has 1 aliphatic heterocycles. The zero-order valence-electron chi connectivity index (χ0n) is 15.9. The minimum Gasteiger partial charge on any atom is -0.319 e. The van der Waals surface area contributed by atoms with Gasteiger partial charge in [-0.3, -0.25) is 9.59 Å². The number of amides is 4. The molecule has 31 heavy (non-hydrogen) atoms. The Bertz CT molecular complexity index is 1200. The molecule has 2 heterocycles. The highest BCUT2D eigenvalue weighted by Crippen LogP contribution is 2.36. The lowest BCUT2D eigenvalue weighted by molar-refractivity contribution is -0.119. The third kappa shape index (κ3) is 3.66. The largest absolute Gasteiger partial charge is 0.332 e. The summed E-state index contributed by atoms with van der Waals surface area (Å²) in [5.41, 5.74) is -0.235. The van der Waals surface area contributed by atoms with E-state index in [1.54, 1.807) is 16.8 Å². The van der Waals surface area contributed by atoms with Gasteiger partial charge in [0.25, 0.3) is 11.8 Å². The van der Waals surface area contributed by atoms with Gasteiger partial charge in [-0.1, -0.05) is 0 Å². The second-order valence-corrected chi connectivity index (χ2v) is 7.55. The molecule has 6 nitrogen and oxygen atoms in total. The summed E-state index contributed by atoms with van der Waals surface area (Å²) in [5, 5.41) is 5.66. The van der Waals surface area contributed by atoms with Crippen molar-refractivity contribution in [3.8, 4) is 0 Å². The maximum absolute atomic E-state index is 14.3. The maximum atomic E-state index is 14.3. The molecule has 1 saturated heterocycles. The Morgan fingerprint density at radius 1 is 1.03 bits per heavy atom. The summed E-state index contributed by atoms with van der Waals surface area (Å²) in [4.78, 5) is 39.7. The zero-order chi connectivity index (χ0) is 22.3. The topological polar surface area (TPSA) is 69.7 Å². The van der Waals surface area contributed by atoms with Crippen LogP contribution in [0, 0.1) is 17.5 Å². The predicted octanol–water partition coefficient (Wildman–Crippen LogP) is 4.56. The monoisotopic (exact) mass is 445 g/mol. The summed E-state index contributed by atoms with van der Waals surface area (Å²) >= 11 is 1.29. The number of rotatable bonds is 4. The fourth-order valence-electron chi connectivity index (χ4n) is 3.29. The molecule has 3 aromatic rings. The van der Waals surface area contributed by atoms with E-state index in [9.17, 15) is 27.6 Å². The first-order chi connectivity index (χ1) is 14.8. The zero-order valence-corrected chi connectivity index (χ0v) is 16.8. The van der Waals surface area contributed by atoms with E-state index in [1.807, 2.05) is 0 Å². The molecule has 1 atom stereocenters. The van der Waals surface area contributed by atoms with Gasteiger partial charge in [-0.15, -0.1) is 0 Å². The van der Waals surface area contributed by atoms with Crippen molar-refractivity contribution in [3.63, 3.8) is 0 Å². The Hall–Kier alpha value is -3.66. The van der Waals surface area contributed by atoms with E-state index < -0.39 is 41.3 Å². The highest BCUT2D eigenvalue weighted by atomic mass is 32.1. The first kappa shape index (κ1) is 20.6. The summed E-state index contributed by atoms with van der Waals surface area (Å²) in [6.07, 6.45) is 0. The standard InChI is InChI=1S/C21H14F3N3O3S/c1-26-18(14-8-12(22)2-4-15(14)23)20(29)27(21(26)30)13-3-5-16(24)17(9-13)25-19(28)11-6-7-31-10-11/h2-10,18H,1H3,(H,25,28). The molecule has 0 spiro atoms. The minimum atomic E-state index is -1.39. The fourth-order valence-corrected chi connectivity index (χ4v) is 3.93. The summed E-state index contributed by atoms with van der Waals surface area (Å²) in [6, 6.07) is 5.30. The van der Waals surface area contributed by atoms with Gasteiger partial charge in [-0.2, -0.15) is 11.3 Å². The predicted molar refractivity (Wildman–Crippen MR) is 108 cm³/mol. The average Bonchev–Trinajstić information content (AvgIpc) is 3.34. The lowest BCUT2D eigenvalue weighted by Crippen LogP contribution is -2.31. The molecular formula is C21H14F3N3O3S.